The number of carbonyl (C=O) groups excluding carboxylic acids is 2. The number of anilines is 1. The molecule has 2 aliphatic rings. The molecule has 0 bridgehead atoms. The second-order valence-electron chi connectivity index (χ2n) is 10.2. The molecule has 1 saturated heterocycles. The monoisotopic (exact) mass is 616 g/mol. The summed E-state index contributed by atoms with van der Waals surface area (Å²) in [6.45, 7) is 0.187. The van der Waals surface area contributed by atoms with Crippen LogP contribution in [-0.4, -0.2) is 54.6 Å². The maximum absolute atomic E-state index is 15.4. The second kappa shape index (κ2) is 10.4. The Balaban J connectivity index is 1.80. The van der Waals surface area contributed by atoms with Crippen LogP contribution in [0.15, 0.2) is 47.6 Å². The van der Waals surface area contributed by atoms with Gasteiger partial charge in [0.05, 0.1) is 17.8 Å². The van der Waals surface area contributed by atoms with Gasteiger partial charge in [-0.3, -0.25) is 19.5 Å². The Hall–Kier alpha value is -2.98. The summed E-state index contributed by atoms with van der Waals surface area (Å²) < 4.78 is 115. The smallest absolute Gasteiger partial charge is 0.310 e. The van der Waals surface area contributed by atoms with Gasteiger partial charge in [0.2, 0.25) is 17.7 Å². The van der Waals surface area contributed by atoms with Crippen molar-refractivity contribution in [2.45, 2.75) is 67.2 Å². The van der Waals surface area contributed by atoms with Crippen molar-refractivity contribution in [1.82, 2.24) is 15.6 Å². The van der Waals surface area contributed by atoms with Crippen molar-refractivity contribution in [2.24, 2.45) is 0 Å². The molecule has 1 aliphatic heterocycles. The summed E-state index contributed by atoms with van der Waals surface area (Å²) >= 11 is 0. The molecular formula is C25H28F8N4O3S. The molecule has 1 saturated carbocycles. The standard InChI is InChI=1S/C25H28F8N4O3S/c1-40-17-11-20(35-14-17)24(39)37(21-5-4-18(12-19(21)26)41(29,30,31,32)33)22(15-3-2-10-34-13-15)23(38)36-16-6-8-25(27,28)9-7-16/h2-5,10,12-13,16-17,20,22,35H,6-9,11,14H2,1H3,(H,36,38)/t17-,20-,22?/m1/s1. The highest BCUT2D eigenvalue weighted by Gasteiger charge is 2.65. The SMILES string of the molecule is CO[C@H]1CN[C@@H](C(=O)N(c2ccc(S(F)(F)(F)(F)F)cc2F)C(C(=O)NC2CCC(F)(F)CC2)c2cccnc2)C1. The van der Waals surface area contributed by atoms with Crippen molar-refractivity contribution in [1.29, 1.82) is 0 Å². The molecule has 2 heterocycles. The number of ether oxygens (including phenoxy) is 1. The zero-order chi connectivity index (χ0) is 30.3. The Morgan fingerprint density at radius 1 is 1.15 bits per heavy atom. The number of rotatable bonds is 8. The Bertz CT molecular complexity index is 1290. The number of carbonyl (C=O) groups is 2. The van der Waals surface area contributed by atoms with E-state index in [9.17, 15) is 37.8 Å². The average molecular weight is 617 g/mol. The average Bonchev–Trinajstić information content (AvgIpc) is 3.37. The lowest BCUT2D eigenvalue weighted by molar-refractivity contribution is -0.128. The number of nitrogens with zero attached hydrogens (tertiary/aromatic N) is 2. The van der Waals surface area contributed by atoms with Crippen LogP contribution in [0.25, 0.3) is 0 Å². The third-order valence-electron chi connectivity index (χ3n) is 7.15. The largest absolute Gasteiger partial charge is 0.380 e. The van der Waals surface area contributed by atoms with Crippen molar-refractivity contribution in [2.75, 3.05) is 18.6 Å². The minimum absolute atomic E-state index is 0.0111. The number of hydrogen-bond donors (Lipinski definition) is 2. The van der Waals surface area contributed by atoms with Crippen LogP contribution in [0.2, 0.25) is 0 Å². The number of halogens is 8. The van der Waals surface area contributed by atoms with E-state index in [1.54, 1.807) is 0 Å². The van der Waals surface area contributed by atoms with Crippen LogP contribution in [-0.2, 0) is 14.3 Å². The summed E-state index contributed by atoms with van der Waals surface area (Å²) in [4.78, 5) is 29.5. The summed E-state index contributed by atoms with van der Waals surface area (Å²) in [6.07, 6.45) is 0.884. The van der Waals surface area contributed by atoms with Gasteiger partial charge in [0.25, 0.3) is 0 Å². The molecule has 3 atom stereocenters. The first kappa shape index (κ1) is 31.0. The fourth-order valence-corrected chi connectivity index (χ4v) is 5.62. The van der Waals surface area contributed by atoms with E-state index in [4.69, 9.17) is 4.74 Å². The molecule has 1 aliphatic carbocycles. The molecule has 2 fully saturated rings. The zero-order valence-corrected chi connectivity index (χ0v) is 22.5. The topological polar surface area (TPSA) is 83.6 Å². The van der Waals surface area contributed by atoms with E-state index in [1.807, 2.05) is 0 Å². The van der Waals surface area contributed by atoms with E-state index >= 15 is 4.39 Å². The van der Waals surface area contributed by atoms with Crippen LogP contribution in [0.5, 0.6) is 0 Å². The number of pyridine rings is 1. The highest BCUT2D eigenvalue weighted by Crippen LogP contribution is 3.02. The van der Waals surface area contributed by atoms with Gasteiger partial charge in [-0.05, 0) is 43.5 Å². The van der Waals surface area contributed by atoms with E-state index < -0.39 is 87.5 Å². The molecule has 7 nitrogen and oxygen atoms in total. The van der Waals surface area contributed by atoms with E-state index in [0.717, 1.165) is 0 Å². The molecule has 41 heavy (non-hydrogen) atoms. The summed E-state index contributed by atoms with van der Waals surface area (Å²) in [5, 5.41) is 5.43. The van der Waals surface area contributed by atoms with Crippen molar-refractivity contribution in [3.8, 4) is 0 Å². The Kier molecular flexibility index (Phi) is 7.84. The summed E-state index contributed by atoms with van der Waals surface area (Å²) in [5.74, 6) is -6.64. The van der Waals surface area contributed by atoms with Crippen LogP contribution in [0.3, 0.4) is 0 Å². The molecule has 4 rings (SSSR count). The van der Waals surface area contributed by atoms with E-state index in [2.05, 4.69) is 15.6 Å². The third kappa shape index (κ3) is 7.27. The minimum Gasteiger partial charge on any atom is -0.380 e. The van der Waals surface area contributed by atoms with Gasteiger partial charge in [0.15, 0.2) is 0 Å². The second-order valence-corrected chi connectivity index (χ2v) is 12.6. The number of nitrogens with one attached hydrogen (secondary N) is 2. The lowest BCUT2D eigenvalue weighted by Gasteiger charge is -2.41. The van der Waals surface area contributed by atoms with E-state index in [1.165, 1.54) is 31.6 Å². The fourth-order valence-electron chi connectivity index (χ4n) is 4.97. The van der Waals surface area contributed by atoms with Gasteiger partial charge in [-0.15, -0.1) is 0 Å². The first-order valence-electron chi connectivity index (χ1n) is 12.6. The van der Waals surface area contributed by atoms with Gasteiger partial charge in [0, 0.05) is 50.5 Å². The van der Waals surface area contributed by atoms with Gasteiger partial charge in [-0.2, -0.15) is 0 Å². The van der Waals surface area contributed by atoms with Crippen LogP contribution in [0.1, 0.15) is 43.7 Å². The minimum atomic E-state index is -10.3. The summed E-state index contributed by atoms with van der Waals surface area (Å²) in [5.41, 5.74) is -0.862. The number of alkyl halides is 2. The maximum Gasteiger partial charge on any atom is 0.310 e. The highest BCUT2D eigenvalue weighted by molar-refractivity contribution is 8.45. The molecule has 2 aromatic rings. The lowest BCUT2D eigenvalue weighted by Crippen LogP contribution is -2.52. The van der Waals surface area contributed by atoms with Crippen LogP contribution >= 0.6 is 10.2 Å². The number of benzene rings is 1. The van der Waals surface area contributed by atoms with Crippen LogP contribution in [0, 0.1) is 5.82 Å². The van der Waals surface area contributed by atoms with Gasteiger partial charge in [0.1, 0.15) is 16.8 Å². The molecule has 2 N–H and O–H groups in total. The molecule has 0 radical (unpaired) electrons. The van der Waals surface area contributed by atoms with Crippen LogP contribution in [0.4, 0.5) is 38.3 Å². The van der Waals surface area contributed by atoms with Crippen molar-refractivity contribution >= 4 is 27.7 Å². The normalized spacial score (nSPS) is 23.7. The molecule has 1 aromatic carbocycles. The Morgan fingerprint density at radius 2 is 1.83 bits per heavy atom. The number of amides is 2. The zero-order valence-electron chi connectivity index (χ0n) is 21.6. The number of aromatic nitrogens is 1. The Labute approximate surface area is 230 Å². The number of hydrogen-bond acceptors (Lipinski definition) is 5. The third-order valence-corrected chi connectivity index (χ3v) is 8.30. The lowest BCUT2D eigenvalue weighted by atomic mass is 9.91. The quantitative estimate of drug-likeness (QED) is 0.355. The first-order chi connectivity index (χ1) is 18.9. The molecule has 1 unspecified atom stereocenters. The molecule has 0 spiro atoms. The summed E-state index contributed by atoms with van der Waals surface area (Å²) in [7, 11) is -8.91. The van der Waals surface area contributed by atoms with Crippen LogP contribution < -0.4 is 15.5 Å². The molecule has 228 valence electrons. The van der Waals surface area contributed by atoms with Gasteiger partial charge in [-0.25, -0.2) is 13.2 Å². The van der Waals surface area contributed by atoms with Gasteiger partial charge >= 0.3 is 10.2 Å². The van der Waals surface area contributed by atoms with Gasteiger partial charge in [-0.1, -0.05) is 25.5 Å². The van der Waals surface area contributed by atoms with Crippen molar-refractivity contribution in [3.63, 3.8) is 0 Å². The predicted molar refractivity (Wildman–Crippen MR) is 135 cm³/mol. The van der Waals surface area contributed by atoms with E-state index in [0.29, 0.717) is 11.0 Å². The number of methoxy groups -OCH3 is 1. The molecule has 2 amide bonds. The van der Waals surface area contributed by atoms with E-state index in [-0.39, 0.29) is 37.4 Å². The summed E-state index contributed by atoms with van der Waals surface area (Å²) in [6, 6.07) is -0.935. The first-order valence-corrected chi connectivity index (χ1v) is 14.5. The maximum atomic E-state index is 15.4. The highest BCUT2D eigenvalue weighted by atomic mass is 32.5. The predicted octanol–water partition coefficient (Wildman–Crippen LogP) is 6.02. The van der Waals surface area contributed by atoms with Crippen molar-refractivity contribution in [3.05, 3.63) is 54.1 Å². The molecular weight excluding hydrogens is 588 g/mol. The Morgan fingerprint density at radius 3 is 2.37 bits per heavy atom. The van der Waals surface area contributed by atoms with Gasteiger partial charge < -0.3 is 15.4 Å². The molecule has 16 heteroatoms. The fraction of sp³-hybridized carbons (Fsp3) is 0.480. The van der Waals surface area contributed by atoms with Crippen molar-refractivity contribution < 1.29 is 46.9 Å². The molecule has 1 aromatic heterocycles.